The third kappa shape index (κ3) is 3.70. The number of hydrogen-bond donors (Lipinski definition) is 0. The predicted octanol–water partition coefficient (Wildman–Crippen LogP) is 3.23. The molecule has 10 heteroatoms. The van der Waals surface area contributed by atoms with Gasteiger partial charge in [-0.2, -0.15) is 27.8 Å². The summed E-state index contributed by atoms with van der Waals surface area (Å²) in [5.74, 6) is 0. The minimum atomic E-state index is -4.66. The van der Waals surface area contributed by atoms with Crippen LogP contribution in [0.2, 0.25) is 0 Å². The van der Waals surface area contributed by atoms with Gasteiger partial charge in [0.1, 0.15) is 11.0 Å². The normalized spacial score (nSPS) is 19.0. The van der Waals surface area contributed by atoms with Crippen molar-refractivity contribution in [1.29, 1.82) is 5.26 Å². The smallest absolute Gasteiger partial charge is 0.275 e. The number of sulfonamides is 1. The van der Waals surface area contributed by atoms with Crippen molar-refractivity contribution in [2.75, 3.05) is 6.54 Å². The highest BCUT2D eigenvalue weighted by molar-refractivity contribution is 7.89. The number of nitrogens with zero attached hydrogens (tertiary/aromatic N) is 4. The standard InChI is InChI=1S/C17H17F3N4O2S/c1-23-11-13(10-22-23)15-4-2-3-7-24(15)27(25,26)16-6-5-14(17(18,19)20)8-12(16)9-21/h5-6,8,10-11,15H,2-4,7H2,1H3. The first kappa shape index (κ1) is 19.4. The zero-order valence-corrected chi connectivity index (χ0v) is 15.3. The molecule has 144 valence electrons. The van der Waals surface area contributed by atoms with Crippen molar-refractivity contribution in [3.8, 4) is 6.07 Å². The van der Waals surface area contributed by atoms with E-state index in [2.05, 4.69) is 5.10 Å². The Bertz CT molecular complexity index is 992. The summed E-state index contributed by atoms with van der Waals surface area (Å²) >= 11 is 0. The Balaban J connectivity index is 2.05. The summed E-state index contributed by atoms with van der Waals surface area (Å²) < 4.78 is 67.9. The van der Waals surface area contributed by atoms with Crippen LogP contribution in [0, 0.1) is 11.3 Å². The zero-order chi connectivity index (χ0) is 19.8. The first-order valence-electron chi connectivity index (χ1n) is 8.26. The molecule has 0 spiro atoms. The average molecular weight is 398 g/mol. The lowest BCUT2D eigenvalue weighted by atomic mass is 10.0. The SMILES string of the molecule is Cn1cc(C2CCCCN2S(=O)(=O)c2ccc(C(F)(F)F)cc2C#N)cn1. The third-order valence-electron chi connectivity index (χ3n) is 4.58. The van der Waals surface area contributed by atoms with Gasteiger partial charge >= 0.3 is 6.18 Å². The van der Waals surface area contributed by atoms with Gasteiger partial charge in [-0.3, -0.25) is 4.68 Å². The molecule has 0 N–H and O–H groups in total. The van der Waals surface area contributed by atoms with Crippen molar-refractivity contribution in [2.45, 2.75) is 36.4 Å². The summed E-state index contributed by atoms with van der Waals surface area (Å²) in [6.07, 6.45) is 0.680. The summed E-state index contributed by atoms with van der Waals surface area (Å²) in [5, 5.41) is 13.3. The van der Waals surface area contributed by atoms with E-state index < -0.39 is 38.3 Å². The van der Waals surface area contributed by atoms with E-state index in [9.17, 15) is 26.9 Å². The monoisotopic (exact) mass is 398 g/mol. The van der Waals surface area contributed by atoms with Gasteiger partial charge in [0.15, 0.2) is 0 Å². The third-order valence-corrected chi connectivity index (χ3v) is 6.54. The maximum absolute atomic E-state index is 13.2. The number of piperidine rings is 1. The molecule has 0 saturated carbocycles. The summed E-state index contributed by atoms with van der Waals surface area (Å²) in [5.41, 5.74) is -0.855. The maximum atomic E-state index is 13.2. The van der Waals surface area contributed by atoms with E-state index in [1.54, 1.807) is 30.2 Å². The number of aromatic nitrogens is 2. The fourth-order valence-corrected chi connectivity index (χ4v) is 5.09. The van der Waals surface area contributed by atoms with Gasteiger partial charge in [0.2, 0.25) is 10.0 Å². The molecule has 6 nitrogen and oxygen atoms in total. The minimum absolute atomic E-state index is 0.230. The second-order valence-corrected chi connectivity index (χ2v) is 8.25. The van der Waals surface area contributed by atoms with Crippen LogP contribution in [0.1, 0.15) is 42.0 Å². The quantitative estimate of drug-likeness (QED) is 0.795. The van der Waals surface area contributed by atoms with Gasteiger partial charge in [0.25, 0.3) is 0 Å². The van der Waals surface area contributed by atoms with Crippen LogP contribution in [-0.2, 0) is 23.2 Å². The summed E-state index contributed by atoms with van der Waals surface area (Å²) in [4.78, 5) is -0.409. The molecule has 1 aromatic heterocycles. The highest BCUT2D eigenvalue weighted by Gasteiger charge is 2.38. The highest BCUT2D eigenvalue weighted by Crippen LogP contribution is 2.37. The van der Waals surface area contributed by atoms with Crippen molar-refractivity contribution in [2.24, 2.45) is 7.05 Å². The topological polar surface area (TPSA) is 79.0 Å². The van der Waals surface area contributed by atoms with Crippen LogP contribution < -0.4 is 0 Å². The first-order chi connectivity index (χ1) is 12.6. The van der Waals surface area contributed by atoms with Crippen molar-refractivity contribution >= 4 is 10.0 Å². The number of benzene rings is 1. The molecule has 0 amide bonds. The van der Waals surface area contributed by atoms with Crippen molar-refractivity contribution in [1.82, 2.24) is 14.1 Å². The molecule has 1 aliphatic rings. The highest BCUT2D eigenvalue weighted by atomic mass is 32.2. The largest absolute Gasteiger partial charge is 0.416 e. The van der Waals surface area contributed by atoms with Crippen LogP contribution in [0.25, 0.3) is 0 Å². The zero-order valence-electron chi connectivity index (χ0n) is 14.4. The molecule has 1 aromatic carbocycles. The Kier molecular flexibility index (Phi) is 5.01. The maximum Gasteiger partial charge on any atom is 0.416 e. The first-order valence-corrected chi connectivity index (χ1v) is 9.70. The molecule has 3 rings (SSSR count). The van der Waals surface area contributed by atoms with Crippen molar-refractivity contribution in [3.63, 3.8) is 0 Å². The molecule has 27 heavy (non-hydrogen) atoms. The van der Waals surface area contributed by atoms with E-state index in [4.69, 9.17) is 0 Å². The van der Waals surface area contributed by atoms with Crippen LogP contribution in [-0.4, -0.2) is 29.0 Å². The number of hydrogen-bond acceptors (Lipinski definition) is 4. The summed E-state index contributed by atoms with van der Waals surface area (Å²) in [6, 6.07) is 3.26. The molecular formula is C17H17F3N4O2S. The van der Waals surface area contributed by atoms with Crippen molar-refractivity contribution < 1.29 is 21.6 Å². The average Bonchev–Trinajstić information content (AvgIpc) is 3.06. The van der Waals surface area contributed by atoms with Gasteiger partial charge in [0.05, 0.1) is 23.4 Å². The fourth-order valence-electron chi connectivity index (χ4n) is 3.28. The summed E-state index contributed by atoms with van der Waals surface area (Å²) in [7, 11) is -2.43. The van der Waals surface area contributed by atoms with Gasteiger partial charge in [-0.1, -0.05) is 6.42 Å². The lowest BCUT2D eigenvalue weighted by Crippen LogP contribution is -2.38. The second-order valence-electron chi connectivity index (χ2n) is 6.40. The molecule has 1 fully saturated rings. The van der Waals surface area contributed by atoms with E-state index >= 15 is 0 Å². The predicted molar refractivity (Wildman–Crippen MR) is 89.9 cm³/mol. The molecule has 2 aromatic rings. The number of nitriles is 1. The molecule has 1 saturated heterocycles. The number of rotatable bonds is 3. The van der Waals surface area contributed by atoms with E-state index in [-0.39, 0.29) is 6.54 Å². The molecule has 1 unspecified atom stereocenters. The Morgan fingerprint density at radius 3 is 2.63 bits per heavy atom. The Labute approximate surface area is 154 Å². The van der Waals surface area contributed by atoms with Crippen LogP contribution in [0.3, 0.4) is 0 Å². The number of alkyl halides is 3. The van der Waals surface area contributed by atoms with Crippen LogP contribution in [0.5, 0.6) is 0 Å². The molecule has 2 heterocycles. The van der Waals surface area contributed by atoms with Crippen LogP contribution >= 0.6 is 0 Å². The molecule has 0 aliphatic carbocycles. The van der Waals surface area contributed by atoms with E-state index in [0.29, 0.717) is 30.5 Å². The van der Waals surface area contributed by atoms with Crippen LogP contribution in [0.15, 0.2) is 35.5 Å². The van der Waals surface area contributed by atoms with E-state index in [1.165, 1.54) is 4.31 Å². The Morgan fingerprint density at radius 1 is 1.30 bits per heavy atom. The fraction of sp³-hybridized carbons (Fsp3) is 0.412. The summed E-state index contributed by atoms with van der Waals surface area (Å²) in [6.45, 7) is 0.230. The van der Waals surface area contributed by atoms with E-state index in [1.807, 2.05) is 0 Å². The lowest BCUT2D eigenvalue weighted by molar-refractivity contribution is -0.137. The molecule has 1 atom stereocenters. The van der Waals surface area contributed by atoms with Gasteiger partial charge in [-0.05, 0) is 31.0 Å². The van der Waals surface area contributed by atoms with Gasteiger partial charge in [0, 0.05) is 25.4 Å². The molecule has 0 bridgehead atoms. The van der Waals surface area contributed by atoms with Crippen LogP contribution in [0.4, 0.5) is 13.2 Å². The Hall–Kier alpha value is -2.38. The molecule has 1 aliphatic heterocycles. The number of aryl methyl sites for hydroxylation is 1. The van der Waals surface area contributed by atoms with Gasteiger partial charge in [-0.25, -0.2) is 8.42 Å². The Morgan fingerprint density at radius 2 is 2.04 bits per heavy atom. The van der Waals surface area contributed by atoms with Gasteiger partial charge in [-0.15, -0.1) is 0 Å². The lowest BCUT2D eigenvalue weighted by Gasteiger charge is -2.34. The minimum Gasteiger partial charge on any atom is -0.275 e. The van der Waals surface area contributed by atoms with Gasteiger partial charge < -0.3 is 0 Å². The van der Waals surface area contributed by atoms with Crippen molar-refractivity contribution in [3.05, 3.63) is 47.3 Å². The second kappa shape index (κ2) is 6.98. The van der Waals surface area contributed by atoms with E-state index in [0.717, 1.165) is 12.5 Å². The molecule has 0 radical (unpaired) electrons. The number of halogens is 3. The molecular weight excluding hydrogens is 381 g/mol.